The maximum atomic E-state index is 13.8. The number of halogens is 4. The summed E-state index contributed by atoms with van der Waals surface area (Å²) in [6.07, 6.45) is -3.56. The average molecular weight is 497 g/mol. The van der Waals surface area contributed by atoms with Gasteiger partial charge in [-0.2, -0.15) is 23.5 Å². The maximum absolute atomic E-state index is 13.8. The third kappa shape index (κ3) is 4.56. The van der Waals surface area contributed by atoms with Gasteiger partial charge in [0.15, 0.2) is 5.69 Å². The molecule has 13 heteroatoms. The quantitative estimate of drug-likeness (QED) is 0.404. The fourth-order valence-electron chi connectivity index (χ4n) is 3.55. The molecule has 3 aromatic heterocycles. The van der Waals surface area contributed by atoms with Gasteiger partial charge in [0.1, 0.15) is 17.6 Å². The summed E-state index contributed by atoms with van der Waals surface area (Å²) in [6.45, 7) is 1.04. The molecule has 182 valence electrons. The standard InChI is InChI=1S/C23H15F4N7O2/c1-11-19(20(23(25,26)27)33-34(11)10-18-12(9-28)3-2-6-30-18)32-22(36)15-8-17(21(29)35)31-16-7-13(24)4-5-14(15)16/h2-8H,10H2,1H3,(H2,29,35)(H,32,36). The number of nitriles is 1. The van der Waals surface area contributed by atoms with Crippen LogP contribution in [0.5, 0.6) is 0 Å². The van der Waals surface area contributed by atoms with Gasteiger partial charge in [0.05, 0.1) is 40.3 Å². The van der Waals surface area contributed by atoms with Crippen LogP contribution in [0.25, 0.3) is 10.9 Å². The molecule has 4 rings (SSSR count). The minimum Gasteiger partial charge on any atom is -0.364 e. The summed E-state index contributed by atoms with van der Waals surface area (Å²) in [4.78, 5) is 32.8. The SMILES string of the molecule is Cc1c(NC(=O)c2cc(C(N)=O)nc3cc(F)ccc23)c(C(F)(F)F)nn1Cc1ncccc1C#N. The zero-order valence-corrected chi connectivity index (χ0v) is 18.4. The molecule has 0 bridgehead atoms. The molecular weight excluding hydrogens is 482 g/mol. The number of carbonyl (C=O) groups excluding carboxylic acids is 2. The lowest BCUT2D eigenvalue weighted by Gasteiger charge is -2.12. The predicted molar refractivity (Wildman–Crippen MR) is 118 cm³/mol. The van der Waals surface area contributed by atoms with Gasteiger partial charge in [-0.15, -0.1) is 0 Å². The Bertz CT molecular complexity index is 1570. The molecule has 2 amide bonds. The molecule has 0 atom stereocenters. The van der Waals surface area contributed by atoms with E-state index in [2.05, 4.69) is 20.4 Å². The number of anilines is 1. The largest absolute Gasteiger partial charge is 0.437 e. The van der Waals surface area contributed by atoms with Gasteiger partial charge in [-0.05, 0) is 37.3 Å². The second-order valence-electron chi connectivity index (χ2n) is 7.61. The number of nitrogens with one attached hydrogen (secondary N) is 1. The van der Waals surface area contributed by atoms with Crippen molar-refractivity contribution in [3.63, 3.8) is 0 Å². The lowest BCUT2D eigenvalue weighted by molar-refractivity contribution is -0.140. The number of aromatic nitrogens is 4. The molecule has 3 N–H and O–H groups in total. The number of pyridine rings is 2. The molecule has 3 heterocycles. The van der Waals surface area contributed by atoms with Gasteiger partial charge in [-0.3, -0.25) is 19.3 Å². The fraction of sp³-hybridized carbons (Fsp3) is 0.130. The van der Waals surface area contributed by atoms with Crippen molar-refractivity contribution in [3.05, 3.63) is 82.3 Å². The van der Waals surface area contributed by atoms with Crippen LogP contribution in [0.3, 0.4) is 0 Å². The van der Waals surface area contributed by atoms with Crippen molar-refractivity contribution in [2.45, 2.75) is 19.6 Å². The van der Waals surface area contributed by atoms with Crippen LogP contribution in [0.2, 0.25) is 0 Å². The van der Waals surface area contributed by atoms with Gasteiger partial charge >= 0.3 is 6.18 Å². The lowest BCUT2D eigenvalue weighted by atomic mass is 10.1. The Kier molecular flexibility index (Phi) is 6.11. The second kappa shape index (κ2) is 9.06. The Morgan fingerprint density at radius 2 is 1.97 bits per heavy atom. The molecule has 0 fully saturated rings. The average Bonchev–Trinajstić information content (AvgIpc) is 3.13. The molecule has 9 nitrogen and oxygen atoms in total. The van der Waals surface area contributed by atoms with Crippen molar-refractivity contribution in [3.8, 4) is 6.07 Å². The first-order valence-corrected chi connectivity index (χ1v) is 10.2. The van der Waals surface area contributed by atoms with Gasteiger partial charge in [0, 0.05) is 17.6 Å². The number of alkyl halides is 3. The zero-order valence-electron chi connectivity index (χ0n) is 18.4. The molecule has 0 aliphatic heterocycles. The van der Waals surface area contributed by atoms with E-state index >= 15 is 0 Å². The van der Waals surface area contributed by atoms with Crippen molar-refractivity contribution >= 4 is 28.4 Å². The number of nitrogens with zero attached hydrogens (tertiary/aromatic N) is 5. The van der Waals surface area contributed by atoms with Crippen LogP contribution in [-0.2, 0) is 12.7 Å². The van der Waals surface area contributed by atoms with E-state index in [4.69, 9.17) is 5.73 Å². The van der Waals surface area contributed by atoms with Crippen molar-refractivity contribution in [2.75, 3.05) is 5.32 Å². The highest BCUT2D eigenvalue weighted by Gasteiger charge is 2.39. The zero-order chi connectivity index (χ0) is 26.2. The highest BCUT2D eigenvalue weighted by atomic mass is 19.4. The van der Waals surface area contributed by atoms with Crippen molar-refractivity contribution < 1.29 is 27.2 Å². The normalized spacial score (nSPS) is 11.3. The highest BCUT2D eigenvalue weighted by molar-refractivity contribution is 6.14. The molecule has 0 radical (unpaired) electrons. The van der Waals surface area contributed by atoms with Crippen LogP contribution in [0, 0.1) is 24.1 Å². The monoisotopic (exact) mass is 497 g/mol. The van der Waals surface area contributed by atoms with E-state index in [9.17, 15) is 32.4 Å². The number of carbonyl (C=O) groups is 2. The fourth-order valence-corrected chi connectivity index (χ4v) is 3.55. The van der Waals surface area contributed by atoms with Crippen LogP contribution in [0.4, 0.5) is 23.2 Å². The lowest BCUT2D eigenvalue weighted by Crippen LogP contribution is -2.19. The summed E-state index contributed by atoms with van der Waals surface area (Å²) in [5.41, 5.74) is 2.82. The Morgan fingerprint density at radius 1 is 1.22 bits per heavy atom. The van der Waals surface area contributed by atoms with E-state index in [1.165, 1.54) is 31.3 Å². The minimum absolute atomic E-state index is 0.0650. The van der Waals surface area contributed by atoms with Gasteiger partial charge in [-0.25, -0.2) is 9.37 Å². The number of primary amides is 1. The van der Waals surface area contributed by atoms with Crippen LogP contribution in [0.1, 0.15) is 43.5 Å². The third-order valence-electron chi connectivity index (χ3n) is 5.29. The molecule has 4 aromatic rings. The molecular formula is C23H15F4N7O2. The van der Waals surface area contributed by atoms with E-state index in [0.717, 1.165) is 22.9 Å². The van der Waals surface area contributed by atoms with Crippen molar-refractivity contribution in [1.29, 1.82) is 5.26 Å². The molecule has 0 spiro atoms. The van der Waals surface area contributed by atoms with E-state index in [-0.39, 0.29) is 45.7 Å². The van der Waals surface area contributed by atoms with E-state index < -0.39 is 35.2 Å². The topological polar surface area (TPSA) is 140 Å². The Labute approximate surface area is 200 Å². The van der Waals surface area contributed by atoms with E-state index in [0.29, 0.717) is 0 Å². The Balaban J connectivity index is 1.80. The van der Waals surface area contributed by atoms with Gasteiger partial charge in [-0.1, -0.05) is 0 Å². The molecule has 0 aliphatic carbocycles. The van der Waals surface area contributed by atoms with E-state index in [1.807, 2.05) is 6.07 Å². The van der Waals surface area contributed by atoms with Crippen LogP contribution in [-0.4, -0.2) is 31.6 Å². The number of hydrogen-bond acceptors (Lipinski definition) is 6. The highest BCUT2D eigenvalue weighted by Crippen LogP contribution is 2.36. The smallest absolute Gasteiger partial charge is 0.364 e. The van der Waals surface area contributed by atoms with Crippen molar-refractivity contribution in [1.82, 2.24) is 19.7 Å². The predicted octanol–water partition coefficient (Wildman–Crippen LogP) is 3.56. The number of amides is 2. The van der Waals surface area contributed by atoms with Gasteiger partial charge < -0.3 is 11.1 Å². The molecule has 0 unspecified atom stereocenters. The minimum atomic E-state index is -4.94. The van der Waals surface area contributed by atoms with Crippen LogP contribution in [0.15, 0.2) is 42.6 Å². The number of benzene rings is 1. The summed E-state index contributed by atoms with van der Waals surface area (Å²) < 4.78 is 56.2. The summed E-state index contributed by atoms with van der Waals surface area (Å²) in [5.74, 6) is -2.75. The van der Waals surface area contributed by atoms with E-state index in [1.54, 1.807) is 0 Å². The van der Waals surface area contributed by atoms with Crippen LogP contribution >= 0.6 is 0 Å². The Hall–Kier alpha value is -4.86. The summed E-state index contributed by atoms with van der Waals surface area (Å²) in [7, 11) is 0. The summed E-state index contributed by atoms with van der Waals surface area (Å²) in [6, 6.07) is 9.10. The summed E-state index contributed by atoms with van der Waals surface area (Å²) >= 11 is 0. The molecule has 0 saturated heterocycles. The van der Waals surface area contributed by atoms with Crippen LogP contribution < -0.4 is 11.1 Å². The number of hydrogen-bond donors (Lipinski definition) is 2. The number of rotatable bonds is 5. The molecule has 36 heavy (non-hydrogen) atoms. The second-order valence-corrected chi connectivity index (χ2v) is 7.61. The first kappa shape index (κ1) is 24.3. The number of fused-ring (bicyclic) bond motifs is 1. The Morgan fingerprint density at radius 3 is 2.64 bits per heavy atom. The van der Waals surface area contributed by atoms with Gasteiger partial charge in [0.2, 0.25) is 0 Å². The number of nitrogens with two attached hydrogens (primary N) is 1. The summed E-state index contributed by atoms with van der Waals surface area (Å²) in [5, 5.41) is 15.2. The maximum Gasteiger partial charge on any atom is 0.437 e. The molecule has 1 aromatic carbocycles. The first-order valence-electron chi connectivity index (χ1n) is 10.2. The van der Waals surface area contributed by atoms with Gasteiger partial charge in [0.25, 0.3) is 11.8 Å². The molecule has 0 aliphatic rings. The van der Waals surface area contributed by atoms with Crippen molar-refractivity contribution in [2.24, 2.45) is 5.73 Å². The third-order valence-corrected chi connectivity index (χ3v) is 5.29. The molecule has 0 saturated carbocycles. The first-order chi connectivity index (χ1) is 17.0.